The van der Waals surface area contributed by atoms with E-state index in [0.717, 1.165) is 11.8 Å². The van der Waals surface area contributed by atoms with Crippen molar-refractivity contribution in [1.29, 1.82) is 5.26 Å². The van der Waals surface area contributed by atoms with E-state index in [1.165, 1.54) is 6.07 Å². The molecule has 5 heteroatoms. The molecular weight excluding hydrogens is 266 g/mol. The second-order valence-corrected chi connectivity index (χ2v) is 6.20. The van der Waals surface area contributed by atoms with E-state index in [2.05, 4.69) is 0 Å². The van der Waals surface area contributed by atoms with E-state index in [1.54, 1.807) is 48.5 Å². The first-order valence-corrected chi connectivity index (χ1v) is 7.41. The number of nitrogens with zero attached hydrogens (tertiary/aromatic N) is 1. The summed E-state index contributed by atoms with van der Waals surface area (Å²) in [4.78, 5) is 0.850. The van der Waals surface area contributed by atoms with Crippen LogP contribution in [-0.4, -0.2) is 8.42 Å². The Kier molecular flexibility index (Phi) is 3.70. The quantitative estimate of drug-likeness (QED) is 0.638. The lowest BCUT2D eigenvalue weighted by molar-refractivity contribution is 0.594. The molecule has 0 unspecified atom stereocenters. The Morgan fingerprint density at radius 2 is 1.56 bits per heavy atom. The van der Waals surface area contributed by atoms with Crippen LogP contribution < -0.4 is 0 Å². The molecule has 2 aromatic carbocycles. The molecule has 0 aliphatic carbocycles. The van der Waals surface area contributed by atoms with Gasteiger partial charge < -0.3 is 0 Å². The maximum Gasteiger partial charge on any atom is 0.207 e. The lowest BCUT2D eigenvalue weighted by Crippen LogP contribution is -2.03. The Bertz CT molecular complexity index is 688. The van der Waals surface area contributed by atoms with Crippen molar-refractivity contribution in [3.8, 4) is 5.40 Å². The monoisotopic (exact) mass is 275 g/mol. The van der Waals surface area contributed by atoms with Crippen molar-refractivity contribution < 1.29 is 8.42 Å². The molecule has 0 N–H and O–H groups in total. The van der Waals surface area contributed by atoms with Crippen LogP contribution in [0.25, 0.3) is 0 Å². The third-order valence-corrected chi connectivity index (χ3v) is 4.97. The third kappa shape index (κ3) is 2.40. The number of sulfone groups is 1. The summed E-state index contributed by atoms with van der Waals surface area (Å²) >= 11 is 0.850. The Morgan fingerprint density at radius 3 is 2.22 bits per heavy atom. The summed E-state index contributed by atoms with van der Waals surface area (Å²) in [6.45, 7) is 0. The van der Waals surface area contributed by atoms with E-state index in [-0.39, 0.29) is 9.79 Å². The molecule has 0 heterocycles. The van der Waals surface area contributed by atoms with Gasteiger partial charge in [0, 0.05) is 4.90 Å². The van der Waals surface area contributed by atoms with Gasteiger partial charge in [0.2, 0.25) is 9.84 Å². The molecule has 0 atom stereocenters. The van der Waals surface area contributed by atoms with Crippen LogP contribution in [0.1, 0.15) is 0 Å². The van der Waals surface area contributed by atoms with Crippen LogP contribution in [0.2, 0.25) is 0 Å². The molecule has 2 aromatic rings. The predicted octanol–water partition coefficient (Wildman–Crippen LogP) is 3.09. The molecule has 3 nitrogen and oxygen atoms in total. The summed E-state index contributed by atoms with van der Waals surface area (Å²) in [7, 11) is -3.56. The van der Waals surface area contributed by atoms with Gasteiger partial charge in [-0.05, 0) is 36.0 Å². The van der Waals surface area contributed by atoms with Crippen LogP contribution in [0, 0.1) is 10.7 Å². The molecule has 0 aliphatic heterocycles. The van der Waals surface area contributed by atoms with Gasteiger partial charge in [0.1, 0.15) is 5.40 Å². The number of nitriles is 1. The third-order valence-electron chi connectivity index (χ3n) is 2.35. The van der Waals surface area contributed by atoms with Crippen molar-refractivity contribution >= 4 is 21.6 Å². The van der Waals surface area contributed by atoms with Crippen LogP contribution in [-0.2, 0) is 9.84 Å². The Hall–Kier alpha value is -1.77. The summed E-state index contributed by atoms with van der Waals surface area (Å²) in [5.74, 6) is 0. The fraction of sp³-hybridized carbons (Fsp3) is 0. The highest BCUT2D eigenvalue weighted by Crippen LogP contribution is 2.29. The zero-order valence-electron chi connectivity index (χ0n) is 9.28. The second kappa shape index (κ2) is 5.25. The fourth-order valence-electron chi connectivity index (χ4n) is 1.53. The average Bonchev–Trinajstić information content (AvgIpc) is 2.41. The summed E-state index contributed by atoms with van der Waals surface area (Å²) in [5, 5.41) is 10.6. The molecule has 0 radical (unpaired) electrons. The van der Waals surface area contributed by atoms with Crippen molar-refractivity contribution in [3.63, 3.8) is 0 Å². The van der Waals surface area contributed by atoms with Gasteiger partial charge in [-0.3, -0.25) is 0 Å². The summed E-state index contributed by atoms with van der Waals surface area (Å²) in [6, 6.07) is 14.7. The maximum atomic E-state index is 12.4. The minimum absolute atomic E-state index is 0.169. The molecule has 0 amide bonds. The van der Waals surface area contributed by atoms with Crippen molar-refractivity contribution in [1.82, 2.24) is 0 Å². The van der Waals surface area contributed by atoms with Crippen LogP contribution in [0.5, 0.6) is 0 Å². The molecule has 0 spiro atoms. The summed E-state index contributed by atoms with van der Waals surface area (Å²) in [6.07, 6.45) is 0. The Morgan fingerprint density at radius 1 is 0.944 bits per heavy atom. The Labute approximate surface area is 110 Å². The van der Waals surface area contributed by atoms with Gasteiger partial charge in [0.15, 0.2) is 0 Å². The van der Waals surface area contributed by atoms with Gasteiger partial charge in [-0.15, -0.1) is 0 Å². The van der Waals surface area contributed by atoms with E-state index >= 15 is 0 Å². The van der Waals surface area contributed by atoms with Crippen LogP contribution >= 0.6 is 11.8 Å². The number of rotatable bonds is 3. The lowest BCUT2D eigenvalue weighted by atomic mass is 10.4. The molecule has 0 aromatic heterocycles. The summed E-state index contributed by atoms with van der Waals surface area (Å²) in [5.41, 5.74) is 0. The molecular formula is C13H9NO2S2. The van der Waals surface area contributed by atoms with Crippen molar-refractivity contribution in [2.75, 3.05) is 0 Å². The molecule has 0 bridgehead atoms. The van der Waals surface area contributed by atoms with E-state index in [4.69, 9.17) is 5.26 Å². The SMILES string of the molecule is N#CSc1ccccc1S(=O)(=O)c1ccccc1. The van der Waals surface area contributed by atoms with Crippen LogP contribution in [0.4, 0.5) is 0 Å². The first-order valence-electron chi connectivity index (χ1n) is 5.11. The van der Waals surface area contributed by atoms with Gasteiger partial charge in [-0.25, -0.2) is 8.42 Å². The lowest BCUT2D eigenvalue weighted by Gasteiger charge is -2.07. The average molecular weight is 275 g/mol. The maximum absolute atomic E-state index is 12.4. The van der Waals surface area contributed by atoms with Crippen LogP contribution in [0.3, 0.4) is 0 Å². The highest BCUT2D eigenvalue weighted by Gasteiger charge is 2.20. The van der Waals surface area contributed by atoms with Gasteiger partial charge >= 0.3 is 0 Å². The Balaban J connectivity index is 2.59. The first-order chi connectivity index (χ1) is 8.66. The smallest absolute Gasteiger partial charge is 0.207 e. The van der Waals surface area contributed by atoms with E-state index in [9.17, 15) is 8.42 Å². The number of benzene rings is 2. The fourth-order valence-corrected chi connectivity index (χ4v) is 3.76. The van der Waals surface area contributed by atoms with Gasteiger partial charge in [-0.2, -0.15) is 5.26 Å². The minimum atomic E-state index is -3.56. The van der Waals surface area contributed by atoms with E-state index in [1.807, 2.05) is 5.40 Å². The molecule has 18 heavy (non-hydrogen) atoms. The number of thioether (sulfide) groups is 1. The van der Waals surface area contributed by atoms with Gasteiger partial charge in [0.25, 0.3) is 0 Å². The number of hydrogen-bond donors (Lipinski definition) is 0. The largest absolute Gasteiger partial charge is 0.218 e. The highest BCUT2D eigenvalue weighted by atomic mass is 32.2. The predicted molar refractivity (Wildman–Crippen MR) is 69.8 cm³/mol. The van der Waals surface area contributed by atoms with Crippen molar-refractivity contribution in [3.05, 3.63) is 54.6 Å². The molecule has 0 aliphatic rings. The number of thiocyanates is 1. The van der Waals surface area contributed by atoms with Crippen molar-refractivity contribution in [2.45, 2.75) is 14.7 Å². The minimum Gasteiger partial charge on any atom is -0.218 e. The first kappa shape index (κ1) is 12.7. The molecule has 2 rings (SSSR count). The zero-order valence-corrected chi connectivity index (χ0v) is 10.9. The topological polar surface area (TPSA) is 57.9 Å². The zero-order chi connectivity index (χ0) is 13.0. The normalized spacial score (nSPS) is 10.8. The van der Waals surface area contributed by atoms with Crippen molar-refractivity contribution in [2.24, 2.45) is 0 Å². The van der Waals surface area contributed by atoms with E-state index < -0.39 is 9.84 Å². The molecule has 0 fully saturated rings. The molecule has 90 valence electrons. The van der Waals surface area contributed by atoms with Gasteiger partial charge in [0.05, 0.1) is 9.79 Å². The molecule has 0 saturated heterocycles. The number of hydrogen-bond acceptors (Lipinski definition) is 4. The van der Waals surface area contributed by atoms with E-state index in [0.29, 0.717) is 4.90 Å². The standard InChI is InChI=1S/C13H9NO2S2/c14-10-17-12-8-4-5-9-13(12)18(15,16)11-6-2-1-3-7-11/h1-9H. The second-order valence-electron chi connectivity index (χ2n) is 3.46. The molecule has 0 saturated carbocycles. The van der Waals surface area contributed by atoms with Gasteiger partial charge in [-0.1, -0.05) is 30.3 Å². The van der Waals surface area contributed by atoms with Crippen LogP contribution in [0.15, 0.2) is 69.3 Å². The summed E-state index contributed by atoms with van der Waals surface area (Å²) < 4.78 is 24.8. The highest BCUT2D eigenvalue weighted by molar-refractivity contribution is 8.04.